The largest absolute Gasteiger partial charge is 0.497 e. The highest BCUT2D eigenvalue weighted by Crippen LogP contribution is 2.46. The fourth-order valence-electron chi connectivity index (χ4n) is 2.46. The Kier molecular flexibility index (Phi) is 4.26. The Morgan fingerprint density at radius 3 is 2.48 bits per heavy atom. The number of alkyl halides is 3. The minimum atomic E-state index is -4.37. The van der Waals surface area contributed by atoms with Gasteiger partial charge in [0, 0.05) is 16.0 Å². The van der Waals surface area contributed by atoms with Crippen molar-refractivity contribution in [2.24, 2.45) is 0 Å². The van der Waals surface area contributed by atoms with Gasteiger partial charge in [-0.1, -0.05) is 30.3 Å². The second-order valence-electron chi connectivity index (χ2n) is 4.86. The summed E-state index contributed by atoms with van der Waals surface area (Å²) in [7, 11) is 1.52. The number of benzene rings is 2. The van der Waals surface area contributed by atoms with Crippen LogP contribution in [0.5, 0.6) is 11.5 Å². The first-order valence-electron chi connectivity index (χ1n) is 6.83. The summed E-state index contributed by atoms with van der Waals surface area (Å²) in [6.07, 6.45) is 0. The smallest absolute Gasteiger partial charge is 0.446 e. The van der Waals surface area contributed by atoms with E-state index in [9.17, 15) is 13.2 Å². The van der Waals surface area contributed by atoms with Gasteiger partial charge in [-0.15, -0.1) is 0 Å². The van der Waals surface area contributed by atoms with E-state index in [0.717, 1.165) is 5.56 Å². The van der Waals surface area contributed by atoms with Gasteiger partial charge < -0.3 is 9.47 Å². The lowest BCUT2D eigenvalue weighted by Crippen LogP contribution is -2.14. The molecule has 0 saturated carbocycles. The van der Waals surface area contributed by atoms with Crippen molar-refractivity contribution in [1.29, 1.82) is 0 Å². The summed E-state index contributed by atoms with van der Waals surface area (Å²) in [5.74, 6) is 1.12. The summed E-state index contributed by atoms with van der Waals surface area (Å²) in [4.78, 5) is 0.143. The zero-order chi connectivity index (χ0) is 16.4. The summed E-state index contributed by atoms with van der Waals surface area (Å²) in [6, 6.07) is 14.2. The van der Waals surface area contributed by atoms with Crippen LogP contribution < -0.4 is 9.47 Å². The number of hydrogen-bond acceptors (Lipinski definition) is 3. The van der Waals surface area contributed by atoms with E-state index in [2.05, 4.69) is 0 Å². The van der Waals surface area contributed by atoms with Crippen molar-refractivity contribution in [3.8, 4) is 11.5 Å². The molecule has 0 atom stereocenters. The van der Waals surface area contributed by atoms with Gasteiger partial charge in [0.25, 0.3) is 0 Å². The monoisotopic (exact) mass is 338 g/mol. The maximum absolute atomic E-state index is 12.9. The van der Waals surface area contributed by atoms with Crippen LogP contribution in [0, 0.1) is 0 Å². The van der Waals surface area contributed by atoms with Crippen molar-refractivity contribution in [2.45, 2.75) is 5.51 Å². The van der Waals surface area contributed by atoms with Crippen molar-refractivity contribution in [1.82, 2.24) is 0 Å². The molecule has 2 aromatic rings. The standard InChI is InChI=1S/C17H13F3O2S/c1-21-12-7-8-14-13(9-12)16(11-5-3-2-4-6-11)15(10-22-14)23-17(18,19)20/h2-9H,10H2,1H3. The first-order chi connectivity index (χ1) is 11.0. The molecule has 0 spiro atoms. The molecule has 0 aliphatic carbocycles. The van der Waals surface area contributed by atoms with Crippen molar-refractivity contribution >= 4 is 17.3 Å². The molecule has 0 amide bonds. The van der Waals surface area contributed by atoms with Crippen LogP contribution in [0.2, 0.25) is 0 Å². The number of rotatable bonds is 3. The fourth-order valence-corrected chi connectivity index (χ4v) is 3.19. The van der Waals surface area contributed by atoms with Crippen molar-refractivity contribution in [2.75, 3.05) is 13.7 Å². The molecule has 0 unspecified atom stereocenters. The van der Waals surface area contributed by atoms with Gasteiger partial charge in [-0.2, -0.15) is 13.2 Å². The summed E-state index contributed by atoms with van der Waals surface area (Å²) in [5.41, 5.74) is -2.51. The van der Waals surface area contributed by atoms with Crippen LogP contribution in [0.1, 0.15) is 11.1 Å². The van der Waals surface area contributed by atoms with Gasteiger partial charge in [0.15, 0.2) is 0 Å². The summed E-state index contributed by atoms with van der Waals surface area (Å²) >= 11 is -0.129. The molecule has 2 aromatic carbocycles. The van der Waals surface area contributed by atoms with E-state index in [1.165, 1.54) is 7.11 Å². The number of halogens is 3. The molecule has 1 aliphatic rings. The highest BCUT2D eigenvalue weighted by atomic mass is 32.2. The van der Waals surface area contributed by atoms with Gasteiger partial charge in [-0.25, -0.2) is 0 Å². The summed E-state index contributed by atoms with van der Waals surface area (Å²) < 4.78 is 49.4. The van der Waals surface area contributed by atoms with E-state index in [-0.39, 0.29) is 23.3 Å². The molecular formula is C17H13F3O2S. The normalized spacial score (nSPS) is 14.3. The minimum Gasteiger partial charge on any atom is -0.497 e. The van der Waals surface area contributed by atoms with Crippen LogP contribution in [0.15, 0.2) is 53.4 Å². The molecule has 2 nitrogen and oxygen atoms in total. The number of hydrogen-bond donors (Lipinski definition) is 0. The molecule has 0 N–H and O–H groups in total. The zero-order valence-electron chi connectivity index (χ0n) is 12.2. The van der Waals surface area contributed by atoms with Crippen molar-refractivity contribution < 1.29 is 22.6 Å². The average Bonchev–Trinajstić information content (AvgIpc) is 2.53. The summed E-state index contributed by atoms with van der Waals surface area (Å²) in [6.45, 7) is -0.103. The zero-order valence-corrected chi connectivity index (χ0v) is 13.0. The predicted molar refractivity (Wildman–Crippen MR) is 84.6 cm³/mol. The molecule has 0 radical (unpaired) electrons. The van der Waals surface area contributed by atoms with Gasteiger partial charge in [0.05, 0.1) is 7.11 Å². The third kappa shape index (κ3) is 3.47. The Balaban J connectivity index is 2.19. The molecule has 0 saturated heterocycles. The Hall–Kier alpha value is -2.08. The van der Waals surface area contributed by atoms with Crippen LogP contribution in [-0.2, 0) is 0 Å². The maximum atomic E-state index is 12.9. The summed E-state index contributed by atoms with van der Waals surface area (Å²) in [5, 5.41) is 0. The third-order valence-corrected chi connectivity index (χ3v) is 4.19. The third-order valence-electron chi connectivity index (χ3n) is 3.40. The lowest BCUT2D eigenvalue weighted by molar-refractivity contribution is -0.0323. The number of ether oxygens (including phenoxy) is 2. The topological polar surface area (TPSA) is 18.5 Å². The van der Waals surface area contributed by atoms with Crippen LogP contribution >= 0.6 is 11.8 Å². The molecule has 3 rings (SSSR count). The van der Waals surface area contributed by atoms with Crippen molar-refractivity contribution in [3.63, 3.8) is 0 Å². The van der Waals surface area contributed by atoms with Gasteiger partial charge >= 0.3 is 5.51 Å². The van der Waals surface area contributed by atoms with Gasteiger partial charge in [-0.3, -0.25) is 0 Å². The molecule has 120 valence electrons. The highest BCUT2D eigenvalue weighted by Gasteiger charge is 2.34. The average molecular weight is 338 g/mol. The molecule has 1 aliphatic heterocycles. The minimum absolute atomic E-state index is 0.103. The van der Waals surface area contributed by atoms with E-state index in [1.54, 1.807) is 42.5 Å². The maximum Gasteiger partial charge on any atom is 0.446 e. The number of thioether (sulfide) groups is 1. The molecule has 23 heavy (non-hydrogen) atoms. The van der Waals surface area contributed by atoms with Crippen LogP contribution in [0.25, 0.3) is 5.57 Å². The molecular weight excluding hydrogens is 325 g/mol. The Bertz CT molecular complexity index is 739. The van der Waals surface area contributed by atoms with E-state index < -0.39 is 5.51 Å². The van der Waals surface area contributed by atoms with Crippen molar-refractivity contribution in [3.05, 3.63) is 64.6 Å². The quantitative estimate of drug-likeness (QED) is 0.776. The lowest BCUT2D eigenvalue weighted by Gasteiger charge is -2.25. The number of methoxy groups -OCH3 is 1. The second-order valence-corrected chi connectivity index (χ2v) is 6.02. The first kappa shape index (κ1) is 15.8. The molecule has 1 heterocycles. The van der Waals surface area contributed by atoms with Crippen LogP contribution in [0.4, 0.5) is 13.2 Å². The number of fused-ring (bicyclic) bond motifs is 1. The molecule has 0 aromatic heterocycles. The van der Waals surface area contributed by atoms with Crippen LogP contribution in [0.3, 0.4) is 0 Å². The predicted octanol–water partition coefficient (Wildman–Crippen LogP) is 5.10. The molecule has 6 heteroatoms. The lowest BCUT2D eigenvalue weighted by atomic mass is 9.95. The SMILES string of the molecule is COc1ccc2c(c1)C(c1ccccc1)=C(SC(F)(F)F)CO2. The molecule has 0 bridgehead atoms. The highest BCUT2D eigenvalue weighted by molar-refractivity contribution is 8.04. The van der Waals surface area contributed by atoms with E-state index >= 15 is 0 Å². The van der Waals surface area contributed by atoms with Gasteiger partial charge in [0.2, 0.25) is 0 Å². The Morgan fingerprint density at radius 1 is 1.09 bits per heavy atom. The van der Waals surface area contributed by atoms with Crippen LogP contribution in [-0.4, -0.2) is 19.2 Å². The van der Waals surface area contributed by atoms with E-state index in [1.807, 2.05) is 6.07 Å². The second kappa shape index (κ2) is 6.20. The Morgan fingerprint density at radius 2 is 1.83 bits per heavy atom. The van der Waals surface area contributed by atoms with E-state index in [0.29, 0.717) is 22.6 Å². The van der Waals surface area contributed by atoms with Gasteiger partial charge in [0.1, 0.15) is 18.1 Å². The van der Waals surface area contributed by atoms with E-state index in [4.69, 9.17) is 9.47 Å². The Labute approximate surface area is 135 Å². The molecule has 0 fully saturated rings. The van der Waals surface area contributed by atoms with Gasteiger partial charge in [-0.05, 0) is 35.5 Å². The first-order valence-corrected chi connectivity index (χ1v) is 7.65. The fraction of sp³-hybridized carbons (Fsp3) is 0.176.